The summed E-state index contributed by atoms with van der Waals surface area (Å²) < 4.78 is 13.1. The Morgan fingerprint density at radius 2 is 2.20 bits per heavy atom. The van der Waals surface area contributed by atoms with Gasteiger partial charge < -0.3 is 11.1 Å². The van der Waals surface area contributed by atoms with Gasteiger partial charge in [0.05, 0.1) is 0 Å². The molecule has 0 bridgehead atoms. The molecule has 2 nitrogen and oxygen atoms in total. The first-order valence-electron chi connectivity index (χ1n) is 5.57. The normalized spacial score (nSPS) is 33.1. The number of hydrogen-bond donors (Lipinski definition) is 2. The zero-order chi connectivity index (χ0) is 10.4. The summed E-state index contributed by atoms with van der Waals surface area (Å²) in [5, 5.41) is 3.47. The van der Waals surface area contributed by atoms with Crippen LogP contribution in [0.15, 0.2) is 18.2 Å². The Morgan fingerprint density at radius 3 is 3.07 bits per heavy atom. The van der Waals surface area contributed by atoms with Crippen molar-refractivity contribution in [2.45, 2.75) is 31.3 Å². The SMILES string of the molecule is NC1c2cc(F)ccc2NC2CCCC21. The fraction of sp³-hybridized carbons (Fsp3) is 0.500. The van der Waals surface area contributed by atoms with Gasteiger partial charge in [-0.05, 0) is 42.5 Å². The van der Waals surface area contributed by atoms with E-state index >= 15 is 0 Å². The Kier molecular flexibility index (Phi) is 1.96. The van der Waals surface area contributed by atoms with Gasteiger partial charge >= 0.3 is 0 Å². The number of benzene rings is 1. The third-order valence-corrected chi connectivity index (χ3v) is 3.74. The van der Waals surface area contributed by atoms with Crippen molar-refractivity contribution in [1.29, 1.82) is 0 Å². The Morgan fingerprint density at radius 1 is 1.33 bits per heavy atom. The van der Waals surface area contributed by atoms with Crippen molar-refractivity contribution in [3.8, 4) is 0 Å². The molecule has 0 aromatic heterocycles. The van der Waals surface area contributed by atoms with Crippen LogP contribution in [0.3, 0.4) is 0 Å². The molecule has 2 aliphatic rings. The second-order valence-corrected chi connectivity index (χ2v) is 4.60. The van der Waals surface area contributed by atoms with E-state index in [4.69, 9.17) is 5.73 Å². The first-order valence-corrected chi connectivity index (χ1v) is 5.57. The number of rotatable bonds is 0. The zero-order valence-corrected chi connectivity index (χ0v) is 8.54. The van der Waals surface area contributed by atoms with Gasteiger partial charge in [0.15, 0.2) is 0 Å². The van der Waals surface area contributed by atoms with Gasteiger partial charge in [0.25, 0.3) is 0 Å². The van der Waals surface area contributed by atoms with Gasteiger partial charge in [-0.25, -0.2) is 4.39 Å². The molecule has 3 atom stereocenters. The van der Waals surface area contributed by atoms with Crippen molar-refractivity contribution in [3.63, 3.8) is 0 Å². The van der Waals surface area contributed by atoms with Crippen molar-refractivity contribution in [1.82, 2.24) is 0 Å². The van der Waals surface area contributed by atoms with E-state index in [-0.39, 0.29) is 11.9 Å². The van der Waals surface area contributed by atoms with E-state index in [1.807, 2.05) is 0 Å². The standard InChI is InChI=1S/C12H15FN2/c13-7-4-5-11-9(6-7)12(14)8-2-1-3-10(8)15-11/h4-6,8,10,12,15H,1-3,14H2. The first-order chi connectivity index (χ1) is 7.25. The molecule has 3 unspecified atom stereocenters. The minimum absolute atomic E-state index is 0.00412. The molecule has 1 fully saturated rings. The molecule has 0 spiro atoms. The highest BCUT2D eigenvalue weighted by molar-refractivity contribution is 5.56. The number of nitrogens with two attached hydrogens (primary N) is 1. The molecule has 1 heterocycles. The second kappa shape index (κ2) is 3.20. The third-order valence-electron chi connectivity index (χ3n) is 3.74. The number of halogens is 1. The van der Waals surface area contributed by atoms with Gasteiger partial charge in [-0.1, -0.05) is 6.42 Å². The molecule has 1 aromatic rings. The lowest BCUT2D eigenvalue weighted by molar-refractivity contribution is 0.400. The molecule has 0 saturated heterocycles. The van der Waals surface area contributed by atoms with E-state index in [1.165, 1.54) is 18.9 Å². The average Bonchev–Trinajstić information content (AvgIpc) is 2.68. The fourth-order valence-electron chi connectivity index (χ4n) is 2.97. The van der Waals surface area contributed by atoms with Crippen LogP contribution in [0.5, 0.6) is 0 Å². The molecule has 0 radical (unpaired) electrons. The molecular formula is C12H15FN2. The summed E-state index contributed by atoms with van der Waals surface area (Å²) in [4.78, 5) is 0. The molecule has 1 aromatic carbocycles. The molecule has 3 rings (SSSR count). The molecule has 1 aliphatic heterocycles. The molecule has 3 heteroatoms. The minimum atomic E-state index is -0.192. The van der Waals surface area contributed by atoms with Crippen molar-refractivity contribution in [2.24, 2.45) is 11.7 Å². The topological polar surface area (TPSA) is 38.0 Å². The summed E-state index contributed by atoms with van der Waals surface area (Å²) in [5.41, 5.74) is 8.16. The van der Waals surface area contributed by atoms with Gasteiger partial charge in [0.2, 0.25) is 0 Å². The highest BCUT2D eigenvalue weighted by Crippen LogP contribution is 2.42. The molecule has 1 saturated carbocycles. The van der Waals surface area contributed by atoms with Gasteiger partial charge in [-0.2, -0.15) is 0 Å². The molecule has 1 aliphatic carbocycles. The summed E-state index contributed by atoms with van der Waals surface area (Å²) in [6.45, 7) is 0. The third kappa shape index (κ3) is 1.34. The Bertz CT molecular complexity index is 391. The molecule has 80 valence electrons. The Labute approximate surface area is 88.7 Å². The summed E-state index contributed by atoms with van der Waals surface area (Å²) in [5.74, 6) is 0.293. The lowest BCUT2D eigenvalue weighted by atomic mass is 9.85. The summed E-state index contributed by atoms with van der Waals surface area (Å²) in [7, 11) is 0. The van der Waals surface area contributed by atoms with E-state index in [2.05, 4.69) is 5.32 Å². The average molecular weight is 206 g/mol. The lowest BCUT2D eigenvalue weighted by Gasteiger charge is -2.35. The van der Waals surface area contributed by atoms with Crippen molar-refractivity contribution >= 4 is 5.69 Å². The van der Waals surface area contributed by atoms with Gasteiger partial charge in [0.1, 0.15) is 5.82 Å². The monoisotopic (exact) mass is 206 g/mol. The minimum Gasteiger partial charge on any atom is -0.382 e. The van der Waals surface area contributed by atoms with Crippen molar-refractivity contribution < 1.29 is 4.39 Å². The molecule has 3 N–H and O–H groups in total. The Balaban J connectivity index is 2.05. The van der Waals surface area contributed by atoms with E-state index < -0.39 is 0 Å². The second-order valence-electron chi connectivity index (χ2n) is 4.60. The number of fused-ring (bicyclic) bond motifs is 2. The number of hydrogen-bond acceptors (Lipinski definition) is 2. The highest BCUT2D eigenvalue weighted by atomic mass is 19.1. The lowest BCUT2D eigenvalue weighted by Crippen LogP contribution is -2.37. The van der Waals surface area contributed by atoms with Crippen molar-refractivity contribution in [3.05, 3.63) is 29.6 Å². The molecular weight excluding hydrogens is 191 g/mol. The Hall–Kier alpha value is -1.09. The smallest absolute Gasteiger partial charge is 0.123 e. The van der Waals surface area contributed by atoms with Crippen LogP contribution in [0.25, 0.3) is 0 Å². The maximum absolute atomic E-state index is 13.1. The summed E-state index contributed by atoms with van der Waals surface area (Å²) in [6.07, 6.45) is 3.58. The molecule has 15 heavy (non-hydrogen) atoms. The van der Waals surface area contributed by atoms with Crippen LogP contribution in [-0.2, 0) is 0 Å². The van der Waals surface area contributed by atoms with E-state index in [0.717, 1.165) is 17.7 Å². The van der Waals surface area contributed by atoms with Crippen LogP contribution in [-0.4, -0.2) is 6.04 Å². The summed E-state index contributed by atoms with van der Waals surface area (Å²) >= 11 is 0. The van der Waals surface area contributed by atoms with E-state index in [9.17, 15) is 4.39 Å². The first kappa shape index (κ1) is 9.16. The predicted octanol–water partition coefficient (Wildman–Crippen LogP) is 2.42. The van der Waals surface area contributed by atoms with Crippen LogP contribution in [0.2, 0.25) is 0 Å². The van der Waals surface area contributed by atoms with Gasteiger partial charge in [0, 0.05) is 17.8 Å². The van der Waals surface area contributed by atoms with E-state index in [1.54, 1.807) is 12.1 Å². The zero-order valence-electron chi connectivity index (χ0n) is 8.54. The van der Waals surface area contributed by atoms with Crippen LogP contribution >= 0.6 is 0 Å². The summed E-state index contributed by atoms with van der Waals surface area (Å²) in [6, 6.07) is 5.37. The van der Waals surface area contributed by atoms with Crippen LogP contribution in [0.1, 0.15) is 30.9 Å². The predicted molar refractivity (Wildman–Crippen MR) is 58.1 cm³/mol. The van der Waals surface area contributed by atoms with Crippen molar-refractivity contribution in [2.75, 3.05) is 5.32 Å². The largest absolute Gasteiger partial charge is 0.382 e. The molecule has 0 amide bonds. The van der Waals surface area contributed by atoms with Crippen LogP contribution < -0.4 is 11.1 Å². The maximum atomic E-state index is 13.1. The maximum Gasteiger partial charge on any atom is 0.123 e. The van der Waals surface area contributed by atoms with Gasteiger partial charge in [-0.3, -0.25) is 0 Å². The fourth-order valence-corrected chi connectivity index (χ4v) is 2.97. The highest BCUT2D eigenvalue weighted by Gasteiger charge is 2.37. The van der Waals surface area contributed by atoms with Gasteiger partial charge in [-0.15, -0.1) is 0 Å². The quantitative estimate of drug-likeness (QED) is 0.684. The number of nitrogens with one attached hydrogen (secondary N) is 1. The number of anilines is 1. The van der Waals surface area contributed by atoms with E-state index in [0.29, 0.717) is 12.0 Å². The van der Waals surface area contributed by atoms with Crippen LogP contribution in [0.4, 0.5) is 10.1 Å². The van der Waals surface area contributed by atoms with Crippen LogP contribution in [0, 0.1) is 11.7 Å².